The van der Waals surface area contributed by atoms with Crippen molar-refractivity contribution >= 4 is 5.69 Å². The molecule has 0 radical (unpaired) electrons. The average Bonchev–Trinajstić information content (AvgIpc) is 2.31. The molecule has 0 aliphatic rings. The van der Waals surface area contributed by atoms with Gasteiger partial charge in [0.2, 0.25) is 0 Å². The van der Waals surface area contributed by atoms with Crippen LogP contribution in [-0.4, -0.2) is 11.7 Å². The van der Waals surface area contributed by atoms with Gasteiger partial charge in [-0.25, -0.2) is 0 Å². The van der Waals surface area contributed by atoms with Crippen molar-refractivity contribution < 1.29 is 5.11 Å². The van der Waals surface area contributed by atoms with Crippen LogP contribution in [0.2, 0.25) is 0 Å². The van der Waals surface area contributed by atoms with Crippen molar-refractivity contribution in [3.63, 3.8) is 0 Å². The summed E-state index contributed by atoms with van der Waals surface area (Å²) in [5, 5.41) is 8.24. The summed E-state index contributed by atoms with van der Waals surface area (Å²) in [6.45, 7) is 17.0. The second-order valence-electron chi connectivity index (χ2n) is 5.55. The summed E-state index contributed by atoms with van der Waals surface area (Å²) in [6.07, 6.45) is 0.931. The molecular formula is C18H37NO. The Bertz CT molecular complexity index is 262. The maximum Gasteiger partial charge on any atom is 0.0433 e. The fraction of sp³-hybridized carbons (Fsp3) is 0.667. The van der Waals surface area contributed by atoms with E-state index < -0.39 is 0 Å². The third kappa shape index (κ3) is 30.2. The van der Waals surface area contributed by atoms with Crippen LogP contribution in [0.15, 0.2) is 24.3 Å². The molecule has 3 N–H and O–H groups in total. The molecule has 0 saturated heterocycles. The first-order chi connectivity index (χ1) is 9.29. The number of hydrogen-bond acceptors (Lipinski definition) is 2. The van der Waals surface area contributed by atoms with Gasteiger partial charge in [-0.2, -0.15) is 0 Å². The number of aliphatic hydroxyl groups excluding tert-OH is 1. The molecule has 0 aromatic heterocycles. The molecule has 0 heterocycles. The molecule has 120 valence electrons. The van der Waals surface area contributed by atoms with Crippen molar-refractivity contribution in [3.05, 3.63) is 29.8 Å². The zero-order valence-electron chi connectivity index (χ0n) is 14.9. The second-order valence-corrected chi connectivity index (χ2v) is 5.55. The number of aryl methyl sites for hydroxylation is 1. The quantitative estimate of drug-likeness (QED) is 0.724. The molecular weight excluding hydrogens is 246 g/mol. The van der Waals surface area contributed by atoms with Gasteiger partial charge in [0.1, 0.15) is 0 Å². The van der Waals surface area contributed by atoms with Crippen molar-refractivity contribution in [3.8, 4) is 0 Å². The van der Waals surface area contributed by atoms with E-state index in [1.807, 2.05) is 45.0 Å². The average molecular weight is 284 g/mol. The highest BCUT2D eigenvalue weighted by molar-refractivity contribution is 5.39. The van der Waals surface area contributed by atoms with E-state index in [-0.39, 0.29) is 0 Å². The maximum absolute atomic E-state index is 8.24. The van der Waals surface area contributed by atoms with E-state index in [1.165, 1.54) is 5.56 Å². The first-order valence-electron chi connectivity index (χ1n) is 7.72. The molecule has 1 rings (SSSR count). The van der Waals surface area contributed by atoms with E-state index in [1.54, 1.807) is 0 Å². The molecule has 1 aromatic rings. The topological polar surface area (TPSA) is 46.2 Å². The molecule has 0 atom stereocenters. The van der Waals surface area contributed by atoms with Crippen LogP contribution in [0.5, 0.6) is 0 Å². The number of anilines is 1. The van der Waals surface area contributed by atoms with Gasteiger partial charge in [0.05, 0.1) is 0 Å². The van der Waals surface area contributed by atoms with Gasteiger partial charge in [0.25, 0.3) is 0 Å². The van der Waals surface area contributed by atoms with Crippen LogP contribution in [0.4, 0.5) is 5.69 Å². The molecule has 0 bridgehead atoms. The Morgan fingerprint density at radius 2 is 1.50 bits per heavy atom. The van der Waals surface area contributed by atoms with Crippen LogP contribution in [0.1, 0.15) is 60.5 Å². The number of nitrogens with two attached hydrogens (primary N) is 1. The van der Waals surface area contributed by atoms with Crippen molar-refractivity contribution in [1.29, 1.82) is 0 Å². The predicted octanol–water partition coefficient (Wildman–Crippen LogP) is 5.29. The van der Waals surface area contributed by atoms with Gasteiger partial charge < -0.3 is 10.8 Å². The van der Waals surface area contributed by atoms with Crippen LogP contribution in [0.3, 0.4) is 0 Å². The minimum absolute atomic E-state index is 0.331. The Hall–Kier alpha value is -1.02. The van der Waals surface area contributed by atoms with E-state index in [0.717, 1.165) is 18.0 Å². The van der Waals surface area contributed by atoms with Crippen molar-refractivity contribution in [1.82, 2.24) is 0 Å². The van der Waals surface area contributed by atoms with Crippen LogP contribution >= 0.6 is 0 Å². The zero-order chi connectivity index (χ0) is 16.6. The normalized spacial score (nSPS) is 8.75. The standard InChI is InChI=1S/C7H9N.C5H12O.C4H10.C2H6/c1-6-3-2-4-7(8)5-6;1-5(2)3-4-6;1-4(2)3;1-2/h2-5H,8H2,1H3;5-6H,3-4H2,1-2H3;4H,1-3H3;1-2H3. The maximum atomic E-state index is 8.24. The smallest absolute Gasteiger partial charge is 0.0433 e. The SMILES string of the molecule is CC.CC(C)C.CC(C)CCO.Cc1cccc(N)c1. The van der Waals surface area contributed by atoms with Crippen molar-refractivity contribution in [2.45, 2.75) is 61.8 Å². The van der Waals surface area contributed by atoms with Crippen LogP contribution < -0.4 is 5.73 Å². The fourth-order valence-corrected chi connectivity index (χ4v) is 0.928. The van der Waals surface area contributed by atoms with Crippen LogP contribution in [0.25, 0.3) is 0 Å². The molecule has 1 aromatic carbocycles. The van der Waals surface area contributed by atoms with E-state index >= 15 is 0 Å². The van der Waals surface area contributed by atoms with Gasteiger partial charge in [-0.1, -0.05) is 60.6 Å². The Balaban J connectivity index is -0.000000215. The van der Waals surface area contributed by atoms with E-state index in [0.29, 0.717) is 12.5 Å². The van der Waals surface area contributed by atoms with Gasteiger partial charge >= 0.3 is 0 Å². The largest absolute Gasteiger partial charge is 0.399 e. The summed E-state index contributed by atoms with van der Waals surface area (Å²) < 4.78 is 0. The van der Waals surface area contributed by atoms with Crippen LogP contribution in [0, 0.1) is 18.8 Å². The molecule has 20 heavy (non-hydrogen) atoms. The third-order valence-electron chi connectivity index (χ3n) is 1.75. The van der Waals surface area contributed by atoms with Crippen molar-refractivity contribution in [2.75, 3.05) is 12.3 Å². The fourth-order valence-electron chi connectivity index (χ4n) is 0.928. The Morgan fingerprint density at radius 3 is 1.65 bits per heavy atom. The zero-order valence-corrected chi connectivity index (χ0v) is 14.9. The summed E-state index contributed by atoms with van der Waals surface area (Å²) in [5.41, 5.74) is 7.51. The van der Waals surface area contributed by atoms with Gasteiger partial charge in [-0.3, -0.25) is 0 Å². The van der Waals surface area contributed by atoms with E-state index in [9.17, 15) is 0 Å². The second kappa shape index (κ2) is 18.0. The molecule has 0 aliphatic heterocycles. The minimum atomic E-state index is 0.331. The first-order valence-corrected chi connectivity index (χ1v) is 7.72. The summed E-state index contributed by atoms with van der Waals surface area (Å²) in [7, 11) is 0. The first kappa shape index (κ1) is 24.0. The summed E-state index contributed by atoms with van der Waals surface area (Å²) in [5.74, 6) is 1.48. The molecule has 2 heteroatoms. The molecule has 2 nitrogen and oxygen atoms in total. The van der Waals surface area contributed by atoms with E-state index in [2.05, 4.69) is 34.6 Å². The molecule has 0 unspecified atom stereocenters. The monoisotopic (exact) mass is 283 g/mol. The lowest BCUT2D eigenvalue weighted by atomic mass is 10.2. The van der Waals surface area contributed by atoms with Gasteiger partial charge in [-0.05, 0) is 42.9 Å². The minimum Gasteiger partial charge on any atom is -0.399 e. The number of rotatable bonds is 2. The number of nitrogen functional groups attached to an aromatic ring is 1. The van der Waals surface area contributed by atoms with Crippen molar-refractivity contribution in [2.24, 2.45) is 11.8 Å². The van der Waals surface area contributed by atoms with E-state index in [4.69, 9.17) is 10.8 Å². The third-order valence-corrected chi connectivity index (χ3v) is 1.75. The predicted molar refractivity (Wildman–Crippen MR) is 94.0 cm³/mol. The summed E-state index contributed by atoms with van der Waals surface area (Å²) in [6, 6.07) is 7.80. The van der Waals surface area contributed by atoms with Gasteiger partial charge in [0.15, 0.2) is 0 Å². The highest BCUT2D eigenvalue weighted by Gasteiger charge is 1.86. The van der Waals surface area contributed by atoms with Gasteiger partial charge in [-0.15, -0.1) is 0 Å². The molecule has 0 amide bonds. The number of aliphatic hydroxyl groups is 1. The number of hydrogen-bond donors (Lipinski definition) is 2. The lowest BCUT2D eigenvalue weighted by Crippen LogP contribution is -1.89. The highest BCUT2D eigenvalue weighted by Crippen LogP contribution is 2.03. The Labute approximate surface area is 127 Å². The Kier molecular flexibility index (Phi) is 21.6. The Morgan fingerprint density at radius 1 is 1.05 bits per heavy atom. The van der Waals surface area contributed by atoms with Gasteiger partial charge in [0, 0.05) is 12.3 Å². The lowest BCUT2D eigenvalue weighted by Gasteiger charge is -1.95. The lowest BCUT2D eigenvalue weighted by molar-refractivity contribution is 0.268. The number of benzene rings is 1. The van der Waals surface area contributed by atoms with Crippen LogP contribution in [-0.2, 0) is 0 Å². The molecule has 0 fully saturated rings. The highest BCUT2D eigenvalue weighted by atomic mass is 16.2. The summed E-state index contributed by atoms with van der Waals surface area (Å²) >= 11 is 0. The molecule has 0 saturated carbocycles. The molecule has 0 spiro atoms. The summed E-state index contributed by atoms with van der Waals surface area (Å²) in [4.78, 5) is 0. The molecule has 0 aliphatic carbocycles.